The van der Waals surface area contributed by atoms with Gasteiger partial charge in [0.1, 0.15) is 5.75 Å². The molecule has 1 rings (SSSR count). The zero-order valence-corrected chi connectivity index (χ0v) is 28.6. The summed E-state index contributed by atoms with van der Waals surface area (Å²) in [5, 5.41) is 18.4. The summed E-state index contributed by atoms with van der Waals surface area (Å²) in [6.07, 6.45) is 28.2. The molecule has 0 aliphatic heterocycles. The fourth-order valence-electron chi connectivity index (χ4n) is 5.10. The highest BCUT2D eigenvalue weighted by molar-refractivity contribution is 7.87. The predicted molar refractivity (Wildman–Crippen MR) is 181 cm³/mol. The van der Waals surface area contributed by atoms with Crippen LogP contribution in [0.15, 0.2) is 30.3 Å². The van der Waals surface area contributed by atoms with Gasteiger partial charge >= 0.3 is 16.1 Å². The molecule has 43 heavy (non-hydrogen) atoms. The smallest absolute Gasteiger partial charge is 0.309 e. The molecule has 0 saturated heterocycles. The number of rotatable bonds is 29. The molecule has 0 aliphatic rings. The zero-order valence-electron chi connectivity index (χ0n) is 27.8. The summed E-state index contributed by atoms with van der Waals surface area (Å²) >= 11 is 0. The third-order valence-electron chi connectivity index (χ3n) is 7.78. The minimum Gasteiger partial charge on any atom is -0.481 e. The van der Waals surface area contributed by atoms with Crippen LogP contribution in [0.25, 0.3) is 0 Å². The molecule has 0 heterocycles. The maximum atomic E-state index is 11.8. The molecule has 0 amide bonds. The van der Waals surface area contributed by atoms with E-state index in [1.165, 1.54) is 96.3 Å². The van der Waals surface area contributed by atoms with Crippen molar-refractivity contribution in [2.75, 3.05) is 5.75 Å². The van der Waals surface area contributed by atoms with E-state index in [9.17, 15) is 18.3 Å². The van der Waals surface area contributed by atoms with Gasteiger partial charge < -0.3 is 14.4 Å². The van der Waals surface area contributed by atoms with Gasteiger partial charge in [-0.1, -0.05) is 160 Å². The third kappa shape index (κ3) is 31.6. The van der Waals surface area contributed by atoms with Gasteiger partial charge in [-0.05, 0) is 37.8 Å². The number of aliphatic hydroxyl groups excluding tert-OH is 1. The molecule has 0 aliphatic carbocycles. The number of unbranched alkanes of at least 4 members (excludes halogenated alkanes) is 19. The Hall–Kier alpha value is -1.60. The first-order chi connectivity index (χ1) is 20.8. The second-order valence-corrected chi connectivity index (χ2v) is 13.8. The number of hydrogen-bond donors (Lipinski definition) is 2. The van der Waals surface area contributed by atoms with Crippen molar-refractivity contribution in [2.24, 2.45) is 0 Å². The molecule has 1 aromatic carbocycles. The Bertz CT molecular complexity index is 827. The summed E-state index contributed by atoms with van der Waals surface area (Å²) in [4.78, 5) is 10.3. The van der Waals surface area contributed by atoms with Gasteiger partial charge in [0.25, 0.3) is 0 Å². The molecule has 0 aromatic heterocycles. The van der Waals surface area contributed by atoms with Crippen molar-refractivity contribution in [3.8, 4) is 5.75 Å². The lowest BCUT2D eigenvalue weighted by Gasteiger charge is -2.10. The summed E-state index contributed by atoms with van der Waals surface area (Å²) in [6, 6.07) is 8.70. The van der Waals surface area contributed by atoms with Crippen molar-refractivity contribution in [3.63, 3.8) is 0 Å². The number of aliphatic hydroxyl groups is 1. The van der Waals surface area contributed by atoms with Crippen LogP contribution in [0.1, 0.15) is 174 Å². The van der Waals surface area contributed by atoms with Crippen LogP contribution in [0.3, 0.4) is 0 Å². The number of carbonyl (C=O) groups is 1. The van der Waals surface area contributed by atoms with Crippen LogP contribution in [0.2, 0.25) is 0 Å². The van der Waals surface area contributed by atoms with Gasteiger partial charge in [0.05, 0.1) is 11.9 Å². The van der Waals surface area contributed by atoms with Crippen molar-refractivity contribution in [3.05, 3.63) is 30.3 Å². The molecule has 0 fully saturated rings. The molecule has 6 nitrogen and oxygen atoms in total. The second kappa shape index (κ2) is 30.4. The van der Waals surface area contributed by atoms with E-state index < -0.39 is 16.1 Å². The fraction of sp³-hybridized carbons (Fsp3) is 0.806. The number of benzene rings is 1. The van der Waals surface area contributed by atoms with Crippen LogP contribution in [0.4, 0.5) is 0 Å². The van der Waals surface area contributed by atoms with E-state index in [1.807, 2.05) is 6.07 Å². The van der Waals surface area contributed by atoms with Crippen molar-refractivity contribution in [1.82, 2.24) is 0 Å². The summed E-state index contributed by atoms with van der Waals surface area (Å²) in [6.45, 7) is 4.44. The molecule has 2 N–H and O–H groups in total. The van der Waals surface area contributed by atoms with Crippen molar-refractivity contribution in [2.45, 2.75) is 180 Å². The summed E-state index contributed by atoms with van der Waals surface area (Å²) < 4.78 is 28.7. The maximum Gasteiger partial charge on any atom is 0.309 e. The van der Waals surface area contributed by atoms with E-state index in [0.717, 1.165) is 51.4 Å². The molecule has 1 atom stereocenters. The quantitative estimate of drug-likeness (QED) is 0.0677. The normalized spacial score (nSPS) is 12.0. The molecule has 0 radical (unpaired) electrons. The second-order valence-electron chi connectivity index (χ2n) is 12.1. The molecule has 0 bridgehead atoms. The third-order valence-corrected chi connectivity index (χ3v) is 9.02. The average Bonchev–Trinajstić information content (AvgIpc) is 2.97. The molecule has 7 heteroatoms. The Morgan fingerprint density at radius 3 is 1.49 bits per heavy atom. The van der Waals surface area contributed by atoms with E-state index in [0.29, 0.717) is 18.6 Å². The van der Waals surface area contributed by atoms with Crippen LogP contribution in [0, 0.1) is 0 Å². The van der Waals surface area contributed by atoms with Crippen molar-refractivity contribution in [1.29, 1.82) is 0 Å². The Morgan fingerprint density at radius 2 is 1.02 bits per heavy atom. The Morgan fingerprint density at radius 1 is 0.628 bits per heavy atom. The molecule has 1 unspecified atom stereocenters. The Balaban J connectivity index is 0.000000822. The zero-order chi connectivity index (χ0) is 31.9. The summed E-state index contributed by atoms with van der Waals surface area (Å²) in [7, 11) is -3.44. The number of hydrogen-bond acceptors (Lipinski definition) is 5. The van der Waals surface area contributed by atoms with E-state index in [4.69, 9.17) is 9.29 Å². The molecular formula is C36H66O6S. The maximum absolute atomic E-state index is 11.8. The van der Waals surface area contributed by atoms with Gasteiger partial charge in [0, 0.05) is 6.42 Å². The van der Waals surface area contributed by atoms with Crippen molar-refractivity contribution >= 4 is 16.1 Å². The van der Waals surface area contributed by atoms with Crippen LogP contribution in [-0.4, -0.2) is 36.5 Å². The van der Waals surface area contributed by atoms with Gasteiger partial charge in [-0.15, -0.1) is 0 Å². The highest BCUT2D eigenvalue weighted by Crippen LogP contribution is 2.16. The predicted octanol–water partition coefficient (Wildman–Crippen LogP) is 10.6. The SMILES string of the molecule is CCCCCCC(O)CCCCCCCCCCC(=O)O.CCCCCCCCCCCCS(=O)(=O)Oc1ccccc1. The molecule has 0 saturated carbocycles. The largest absolute Gasteiger partial charge is 0.481 e. The van der Waals surface area contributed by atoms with Gasteiger partial charge in [-0.25, -0.2) is 0 Å². The van der Waals surface area contributed by atoms with Crippen LogP contribution in [-0.2, 0) is 14.9 Å². The van der Waals surface area contributed by atoms with E-state index >= 15 is 0 Å². The first-order valence-electron chi connectivity index (χ1n) is 17.7. The number of aliphatic carboxylic acids is 1. The average molecular weight is 627 g/mol. The summed E-state index contributed by atoms with van der Waals surface area (Å²) in [5.41, 5.74) is 0. The lowest BCUT2D eigenvalue weighted by molar-refractivity contribution is -0.137. The van der Waals surface area contributed by atoms with Gasteiger partial charge in [0.15, 0.2) is 0 Å². The molecule has 252 valence electrons. The monoisotopic (exact) mass is 626 g/mol. The highest BCUT2D eigenvalue weighted by atomic mass is 32.2. The van der Waals surface area contributed by atoms with Crippen LogP contribution in [0.5, 0.6) is 5.75 Å². The fourth-order valence-corrected chi connectivity index (χ4v) is 6.14. The molecule has 0 spiro atoms. The number of carboxylic acid groups (broad SMARTS) is 1. The first-order valence-corrected chi connectivity index (χ1v) is 19.3. The highest BCUT2D eigenvalue weighted by Gasteiger charge is 2.12. The minimum absolute atomic E-state index is 0.0853. The molecule has 1 aromatic rings. The van der Waals surface area contributed by atoms with Crippen LogP contribution >= 0.6 is 0 Å². The van der Waals surface area contributed by atoms with Crippen molar-refractivity contribution < 1.29 is 27.6 Å². The summed E-state index contributed by atoms with van der Waals surface area (Å²) in [5.74, 6) is -0.170. The number of para-hydroxylation sites is 1. The minimum atomic E-state index is -3.44. The van der Waals surface area contributed by atoms with Crippen LogP contribution < -0.4 is 4.18 Å². The Kier molecular flexibility index (Phi) is 29.3. The lowest BCUT2D eigenvalue weighted by Crippen LogP contribution is -2.13. The first kappa shape index (κ1) is 41.4. The molecular weight excluding hydrogens is 560 g/mol. The van der Waals surface area contributed by atoms with E-state index in [2.05, 4.69) is 13.8 Å². The van der Waals surface area contributed by atoms with Gasteiger partial charge in [-0.3, -0.25) is 4.79 Å². The Labute approximate surface area is 265 Å². The number of carboxylic acids is 1. The lowest BCUT2D eigenvalue weighted by atomic mass is 10.0. The van der Waals surface area contributed by atoms with E-state index in [1.54, 1.807) is 24.3 Å². The van der Waals surface area contributed by atoms with Gasteiger partial charge in [-0.2, -0.15) is 8.42 Å². The van der Waals surface area contributed by atoms with Gasteiger partial charge in [0.2, 0.25) is 0 Å². The topological polar surface area (TPSA) is 101 Å². The standard InChI is InChI=1S/C18H30O3S.C18H36O3/c1-2-3-4-5-6-7-8-9-10-14-17-22(19,20)21-18-15-12-11-13-16-18;1-2-3-4-11-14-17(19)15-12-9-7-5-6-8-10-13-16-18(20)21/h11-13,15-16H,2-10,14,17H2,1H3;17,19H,2-16H2,1H3,(H,20,21). The van der Waals surface area contributed by atoms with E-state index in [-0.39, 0.29) is 11.9 Å².